The molecule has 138 valence electrons. The predicted octanol–water partition coefficient (Wildman–Crippen LogP) is 3.77. The van der Waals surface area contributed by atoms with Crippen LogP contribution in [0.2, 0.25) is 5.02 Å². The monoisotopic (exact) mass is 402 g/mol. The molecule has 1 amide bonds. The lowest BCUT2D eigenvalue weighted by molar-refractivity contribution is -0.137. The van der Waals surface area contributed by atoms with Crippen molar-refractivity contribution in [2.75, 3.05) is 31.1 Å². The third-order valence-electron chi connectivity index (χ3n) is 4.06. The lowest BCUT2D eigenvalue weighted by atomic mass is 10.2. The first-order chi connectivity index (χ1) is 12.3. The molecule has 1 saturated heterocycles. The van der Waals surface area contributed by atoms with Crippen LogP contribution in [-0.2, 0) is 6.18 Å². The van der Waals surface area contributed by atoms with Gasteiger partial charge in [-0.2, -0.15) is 13.2 Å². The van der Waals surface area contributed by atoms with E-state index < -0.39 is 11.7 Å². The van der Waals surface area contributed by atoms with E-state index in [9.17, 15) is 18.0 Å². The number of nitrogens with one attached hydrogen (secondary N) is 1. The van der Waals surface area contributed by atoms with Crippen molar-refractivity contribution in [3.8, 4) is 0 Å². The van der Waals surface area contributed by atoms with Crippen molar-refractivity contribution in [2.24, 2.45) is 0 Å². The molecule has 0 aromatic carbocycles. The molecule has 0 saturated carbocycles. The minimum absolute atomic E-state index is 0.0647. The van der Waals surface area contributed by atoms with E-state index in [1.54, 1.807) is 28.1 Å². The Morgan fingerprint density at radius 3 is 2.54 bits per heavy atom. The Balaban J connectivity index is 1.70. The highest BCUT2D eigenvalue weighted by molar-refractivity contribution is 7.71. The van der Waals surface area contributed by atoms with E-state index in [4.69, 9.17) is 23.8 Å². The molecule has 26 heavy (non-hydrogen) atoms. The van der Waals surface area contributed by atoms with E-state index in [0.29, 0.717) is 36.4 Å². The Morgan fingerprint density at radius 1 is 1.27 bits per heavy atom. The smallest absolute Gasteiger partial charge is 0.352 e. The molecule has 1 fully saturated rings. The fraction of sp³-hybridized carbons (Fsp3) is 0.312. The number of amides is 1. The molecule has 0 spiro atoms. The van der Waals surface area contributed by atoms with E-state index >= 15 is 0 Å². The van der Waals surface area contributed by atoms with Crippen LogP contribution in [0.4, 0.5) is 19.0 Å². The van der Waals surface area contributed by atoms with Gasteiger partial charge in [-0.1, -0.05) is 23.8 Å². The largest absolute Gasteiger partial charge is 0.417 e. The van der Waals surface area contributed by atoms with Gasteiger partial charge in [0.2, 0.25) is 0 Å². The number of rotatable bonds is 2. The number of carbonyl (C=O) groups is 1. The van der Waals surface area contributed by atoms with Crippen LogP contribution in [0.1, 0.15) is 15.9 Å². The number of carbonyl (C=O) groups excluding carboxylic acids is 1. The molecule has 5 nitrogen and oxygen atoms in total. The number of pyridine rings is 2. The van der Waals surface area contributed by atoms with Crippen molar-refractivity contribution >= 4 is 35.5 Å². The highest BCUT2D eigenvalue weighted by Crippen LogP contribution is 2.33. The molecule has 3 heterocycles. The van der Waals surface area contributed by atoms with Crippen molar-refractivity contribution in [3.05, 3.63) is 51.4 Å². The molecule has 1 N–H and O–H groups in total. The van der Waals surface area contributed by atoms with Gasteiger partial charge in [0.25, 0.3) is 5.91 Å². The Bertz CT molecular complexity index is 878. The molecule has 2 aromatic rings. The van der Waals surface area contributed by atoms with E-state index in [1.165, 1.54) is 0 Å². The molecule has 3 rings (SSSR count). The Morgan fingerprint density at radius 2 is 1.96 bits per heavy atom. The van der Waals surface area contributed by atoms with Crippen molar-refractivity contribution in [1.29, 1.82) is 0 Å². The minimum atomic E-state index is -4.49. The first kappa shape index (κ1) is 18.7. The molecule has 1 aliphatic rings. The summed E-state index contributed by atoms with van der Waals surface area (Å²) in [7, 11) is 0. The Kier molecular flexibility index (Phi) is 5.19. The summed E-state index contributed by atoms with van der Waals surface area (Å²) in [5.74, 6) is 0.0988. The van der Waals surface area contributed by atoms with E-state index in [-0.39, 0.29) is 16.7 Å². The molecule has 0 radical (unpaired) electrons. The number of alkyl halides is 3. The minimum Gasteiger partial charge on any atom is -0.352 e. The molecule has 10 heteroatoms. The van der Waals surface area contributed by atoms with Gasteiger partial charge in [0.15, 0.2) is 0 Å². The number of aromatic nitrogens is 2. The molecule has 0 aliphatic carbocycles. The standard InChI is InChI=1S/C16H14ClF3N4OS/c17-12-8-10(16(18,19)20)9-22-13(12)23-4-6-24(7-5-23)15(25)11-2-1-3-21-14(11)26/h1-3,8-9H,4-7H2,(H,21,26). The van der Waals surface area contributed by atoms with Crippen LogP contribution >= 0.6 is 23.8 Å². The highest BCUT2D eigenvalue weighted by Gasteiger charge is 2.32. The van der Waals surface area contributed by atoms with Crippen molar-refractivity contribution < 1.29 is 18.0 Å². The normalized spacial score (nSPS) is 15.2. The summed E-state index contributed by atoms with van der Waals surface area (Å²) in [6.45, 7) is 1.60. The van der Waals surface area contributed by atoms with Crippen LogP contribution in [0.3, 0.4) is 0 Å². The van der Waals surface area contributed by atoms with Crippen LogP contribution in [0, 0.1) is 4.64 Å². The van der Waals surface area contributed by atoms with Gasteiger partial charge >= 0.3 is 6.18 Å². The van der Waals surface area contributed by atoms with Crippen molar-refractivity contribution in [3.63, 3.8) is 0 Å². The van der Waals surface area contributed by atoms with Gasteiger partial charge < -0.3 is 14.8 Å². The second-order valence-electron chi connectivity index (χ2n) is 5.72. The fourth-order valence-corrected chi connectivity index (χ4v) is 3.21. The fourth-order valence-electron chi connectivity index (χ4n) is 2.70. The van der Waals surface area contributed by atoms with Gasteiger partial charge in [0.1, 0.15) is 10.5 Å². The van der Waals surface area contributed by atoms with Gasteiger partial charge in [-0.05, 0) is 18.2 Å². The third kappa shape index (κ3) is 3.83. The molecule has 0 unspecified atom stereocenters. The molecule has 0 atom stereocenters. The summed E-state index contributed by atoms with van der Waals surface area (Å²) in [6.07, 6.45) is -2.08. The lowest BCUT2D eigenvalue weighted by Gasteiger charge is -2.35. The van der Waals surface area contributed by atoms with Gasteiger partial charge in [-0.15, -0.1) is 0 Å². The third-order valence-corrected chi connectivity index (χ3v) is 4.68. The maximum atomic E-state index is 12.7. The first-order valence-corrected chi connectivity index (χ1v) is 8.50. The van der Waals surface area contributed by atoms with E-state index in [1.807, 2.05) is 0 Å². The second kappa shape index (κ2) is 7.24. The molecule has 1 aliphatic heterocycles. The van der Waals surface area contributed by atoms with Crippen LogP contribution in [0.15, 0.2) is 30.6 Å². The van der Waals surface area contributed by atoms with Gasteiger partial charge in [-0.25, -0.2) is 4.98 Å². The maximum Gasteiger partial charge on any atom is 0.417 e. The average Bonchev–Trinajstić information content (AvgIpc) is 2.61. The van der Waals surface area contributed by atoms with E-state index in [0.717, 1.165) is 12.3 Å². The number of anilines is 1. The summed E-state index contributed by atoms with van der Waals surface area (Å²) < 4.78 is 38.5. The topological polar surface area (TPSA) is 52.2 Å². The number of aromatic amines is 1. The second-order valence-corrected chi connectivity index (χ2v) is 6.53. The van der Waals surface area contributed by atoms with Gasteiger partial charge in [0.05, 0.1) is 16.1 Å². The molecule has 0 bridgehead atoms. The zero-order valence-corrected chi connectivity index (χ0v) is 15.0. The summed E-state index contributed by atoms with van der Waals surface area (Å²) in [5, 5.41) is -0.0647. The van der Waals surface area contributed by atoms with Crippen LogP contribution < -0.4 is 4.90 Å². The lowest BCUT2D eigenvalue weighted by Crippen LogP contribution is -2.49. The van der Waals surface area contributed by atoms with Crippen molar-refractivity contribution in [2.45, 2.75) is 6.18 Å². The highest BCUT2D eigenvalue weighted by atomic mass is 35.5. The van der Waals surface area contributed by atoms with Crippen LogP contribution in [-0.4, -0.2) is 47.0 Å². The Labute approximate surface area is 157 Å². The summed E-state index contributed by atoms with van der Waals surface area (Å²) in [6, 6.07) is 4.22. The summed E-state index contributed by atoms with van der Waals surface area (Å²) >= 11 is 11.1. The number of hydrogen-bond acceptors (Lipinski definition) is 4. The summed E-state index contributed by atoms with van der Waals surface area (Å²) in [4.78, 5) is 22.6. The SMILES string of the molecule is O=C(c1ccc[nH]c1=S)N1CCN(c2ncc(C(F)(F)F)cc2Cl)CC1. The van der Waals surface area contributed by atoms with Crippen LogP contribution in [0.25, 0.3) is 0 Å². The summed E-state index contributed by atoms with van der Waals surface area (Å²) in [5.41, 5.74) is -0.472. The zero-order valence-electron chi connectivity index (χ0n) is 13.4. The first-order valence-electron chi connectivity index (χ1n) is 7.72. The molecular weight excluding hydrogens is 389 g/mol. The van der Waals surface area contributed by atoms with Gasteiger partial charge in [0, 0.05) is 38.6 Å². The average molecular weight is 403 g/mol. The maximum absolute atomic E-state index is 12.7. The van der Waals surface area contributed by atoms with Gasteiger partial charge in [-0.3, -0.25) is 4.79 Å². The number of H-pyrrole nitrogens is 1. The quantitative estimate of drug-likeness (QED) is 0.777. The number of halogens is 4. The molecular formula is C16H14ClF3N4OS. The van der Waals surface area contributed by atoms with Crippen LogP contribution in [0.5, 0.6) is 0 Å². The number of piperazine rings is 1. The van der Waals surface area contributed by atoms with Crippen molar-refractivity contribution in [1.82, 2.24) is 14.9 Å². The Hall–Kier alpha value is -2.13. The predicted molar refractivity (Wildman–Crippen MR) is 94.0 cm³/mol. The molecule has 2 aromatic heterocycles. The van der Waals surface area contributed by atoms with E-state index in [2.05, 4.69) is 9.97 Å². The zero-order chi connectivity index (χ0) is 18.9. The number of nitrogens with zero attached hydrogens (tertiary/aromatic N) is 3. The number of hydrogen-bond donors (Lipinski definition) is 1.